The third-order valence-electron chi connectivity index (χ3n) is 4.22. The molecular formula is C19H15ClFN3OS. The van der Waals surface area contributed by atoms with Crippen LogP contribution < -0.4 is 5.32 Å². The molecule has 4 rings (SSSR count). The topological polar surface area (TPSA) is 46.9 Å². The normalized spacial score (nSPS) is 12.9. The van der Waals surface area contributed by atoms with Gasteiger partial charge in [-0.25, -0.2) is 9.07 Å². The van der Waals surface area contributed by atoms with Crippen molar-refractivity contribution < 1.29 is 9.18 Å². The highest BCUT2D eigenvalue weighted by Crippen LogP contribution is 2.36. The average Bonchev–Trinajstić information content (AvgIpc) is 3.17. The standard InChI is InChI=1S/C19H15ClFN3OS/c1-11-4-2-5-12(8-11)24-18(13-9-26-10-16(13)23-24)22-19(25)17-14(20)6-3-7-15(17)21/h2-8H,9-10H2,1H3,(H,22,25). The van der Waals surface area contributed by atoms with Crippen LogP contribution >= 0.6 is 23.4 Å². The molecule has 1 aliphatic rings. The van der Waals surface area contributed by atoms with Gasteiger partial charge in [-0.15, -0.1) is 0 Å². The predicted octanol–water partition coefficient (Wildman–Crippen LogP) is 4.97. The van der Waals surface area contributed by atoms with Crippen molar-refractivity contribution in [3.63, 3.8) is 0 Å². The third kappa shape index (κ3) is 2.99. The number of thioether (sulfide) groups is 1. The number of hydrogen-bond donors (Lipinski definition) is 1. The molecule has 3 aromatic rings. The first-order valence-corrected chi connectivity index (χ1v) is 9.59. The summed E-state index contributed by atoms with van der Waals surface area (Å²) in [6, 6.07) is 12.0. The second-order valence-electron chi connectivity index (χ2n) is 6.07. The Morgan fingerprint density at radius 1 is 1.27 bits per heavy atom. The summed E-state index contributed by atoms with van der Waals surface area (Å²) in [6.07, 6.45) is 0. The van der Waals surface area contributed by atoms with Crippen molar-refractivity contribution in [2.75, 3.05) is 5.32 Å². The monoisotopic (exact) mass is 387 g/mol. The zero-order chi connectivity index (χ0) is 18.3. The van der Waals surface area contributed by atoms with E-state index < -0.39 is 11.7 Å². The van der Waals surface area contributed by atoms with Gasteiger partial charge < -0.3 is 5.32 Å². The number of carbonyl (C=O) groups excluding carboxylic acids is 1. The van der Waals surface area contributed by atoms with E-state index in [9.17, 15) is 9.18 Å². The summed E-state index contributed by atoms with van der Waals surface area (Å²) in [5.74, 6) is 0.878. The summed E-state index contributed by atoms with van der Waals surface area (Å²) >= 11 is 7.76. The Morgan fingerprint density at radius 2 is 2.08 bits per heavy atom. The summed E-state index contributed by atoms with van der Waals surface area (Å²) in [7, 11) is 0. The lowest BCUT2D eigenvalue weighted by molar-refractivity contribution is 0.102. The van der Waals surface area contributed by atoms with Gasteiger partial charge >= 0.3 is 0 Å². The van der Waals surface area contributed by atoms with Gasteiger partial charge in [-0.2, -0.15) is 16.9 Å². The Morgan fingerprint density at radius 3 is 2.85 bits per heavy atom. The van der Waals surface area contributed by atoms with Gasteiger partial charge in [-0.3, -0.25) is 4.79 Å². The van der Waals surface area contributed by atoms with E-state index in [-0.39, 0.29) is 10.6 Å². The van der Waals surface area contributed by atoms with Gasteiger partial charge in [0.05, 0.1) is 22.0 Å². The molecule has 0 fully saturated rings. The van der Waals surface area contributed by atoms with Crippen LogP contribution in [0.15, 0.2) is 42.5 Å². The summed E-state index contributed by atoms with van der Waals surface area (Å²) in [6.45, 7) is 1.99. The van der Waals surface area contributed by atoms with E-state index >= 15 is 0 Å². The molecule has 1 amide bonds. The van der Waals surface area contributed by atoms with E-state index in [0.717, 1.165) is 34.0 Å². The number of anilines is 1. The second-order valence-corrected chi connectivity index (χ2v) is 7.46. The van der Waals surface area contributed by atoms with Gasteiger partial charge in [0.25, 0.3) is 5.91 Å². The van der Waals surface area contributed by atoms with Crippen LogP contribution in [0.4, 0.5) is 10.2 Å². The zero-order valence-corrected chi connectivity index (χ0v) is 15.5. The molecule has 2 aromatic carbocycles. The fraction of sp³-hybridized carbons (Fsp3) is 0.158. The van der Waals surface area contributed by atoms with Crippen LogP contribution in [0, 0.1) is 12.7 Å². The van der Waals surface area contributed by atoms with E-state index in [2.05, 4.69) is 10.4 Å². The summed E-state index contributed by atoms with van der Waals surface area (Å²) in [5.41, 5.74) is 3.68. The number of halogens is 2. The highest BCUT2D eigenvalue weighted by molar-refractivity contribution is 7.98. The first kappa shape index (κ1) is 17.1. The summed E-state index contributed by atoms with van der Waals surface area (Å²) in [4.78, 5) is 12.7. The highest BCUT2D eigenvalue weighted by atomic mass is 35.5. The van der Waals surface area contributed by atoms with E-state index in [1.807, 2.05) is 31.2 Å². The van der Waals surface area contributed by atoms with Crippen molar-refractivity contribution in [2.45, 2.75) is 18.4 Å². The van der Waals surface area contributed by atoms with E-state index in [1.165, 1.54) is 18.2 Å². The SMILES string of the molecule is Cc1cccc(-n2nc3c(c2NC(=O)c2c(F)cccc2Cl)CSC3)c1. The molecule has 1 N–H and O–H groups in total. The molecule has 7 heteroatoms. The van der Waals surface area contributed by atoms with E-state index in [1.54, 1.807) is 16.4 Å². The molecule has 0 aliphatic carbocycles. The largest absolute Gasteiger partial charge is 0.306 e. The van der Waals surface area contributed by atoms with Crippen LogP contribution in [0.2, 0.25) is 5.02 Å². The molecule has 0 unspecified atom stereocenters. The Kier molecular flexibility index (Phi) is 4.46. The Balaban J connectivity index is 1.78. The van der Waals surface area contributed by atoms with E-state index in [0.29, 0.717) is 5.82 Å². The molecule has 0 atom stereocenters. The molecule has 26 heavy (non-hydrogen) atoms. The van der Waals surface area contributed by atoms with Crippen molar-refractivity contribution in [1.29, 1.82) is 0 Å². The number of nitrogens with zero attached hydrogens (tertiary/aromatic N) is 2. The fourth-order valence-electron chi connectivity index (χ4n) is 2.97. The minimum atomic E-state index is -0.650. The van der Waals surface area contributed by atoms with Gasteiger partial charge in [0, 0.05) is 17.1 Å². The number of hydrogen-bond acceptors (Lipinski definition) is 3. The predicted molar refractivity (Wildman–Crippen MR) is 103 cm³/mol. The zero-order valence-electron chi connectivity index (χ0n) is 13.9. The smallest absolute Gasteiger partial charge is 0.261 e. The fourth-order valence-corrected chi connectivity index (χ4v) is 4.26. The number of aryl methyl sites for hydroxylation is 1. The Bertz CT molecular complexity index is 998. The summed E-state index contributed by atoms with van der Waals surface area (Å²) < 4.78 is 15.8. The van der Waals surface area contributed by atoms with Crippen molar-refractivity contribution in [2.24, 2.45) is 0 Å². The number of amides is 1. The third-order valence-corrected chi connectivity index (χ3v) is 5.51. The lowest BCUT2D eigenvalue weighted by Crippen LogP contribution is -2.18. The molecule has 1 aliphatic heterocycles. The van der Waals surface area contributed by atoms with Crippen LogP contribution in [-0.2, 0) is 11.5 Å². The van der Waals surface area contributed by atoms with Crippen LogP contribution in [0.25, 0.3) is 5.69 Å². The van der Waals surface area contributed by atoms with Crippen LogP contribution in [0.5, 0.6) is 0 Å². The number of aromatic nitrogens is 2. The minimum Gasteiger partial charge on any atom is -0.306 e. The van der Waals surface area contributed by atoms with Crippen molar-refractivity contribution in [3.8, 4) is 5.69 Å². The lowest BCUT2D eigenvalue weighted by Gasteiger charge is -2.12. The Hall–Kier alpha value is -2.31. The van der Waals surface area contributed by atoms with Gasteiger partial charge in [-0.05, 0) is 36.8 Å². The number of benzene rings is 2. The molecular weight excluding hydrogens is 373 g/mol. The molecule has 0 saturated carbocycles. The van der Waals surface area contributed by atoms with Gasteiger partial charge in [-0.1, -0.05) is 29.8 Å². The number of rotatable bonds is 3. The molecule has 132 valence electrons. The van der Waals surface area contributed by atoms with Crippen molar-refractivity contribution >= 4 is 35.1 Å². The summed E-state index contributed by atoms with van der Waals surface area (Å²) in [5, 5.41) is 7.56. The van der Waals surface area contributed by atoms with Crippen LogP contribution in [-0.4, -0.2) is 15.7 Å². The molecule has 0 bridgehead atoms. The quantitative estimate of drug-likeness (QED) is 0.690. The molecule has 0 radical (unpaired) electrons. The molecule has 0 spiro atoms. The van der Waals surface area contributed by atoms with Gasteiger partial charge in [0.15, 0.2) is 0 Å². The maximum absolute atomic E-state index is 14.1. The minimum absolute atomic E-state index is 0.0788. The Labute approximate surface area is 159 Å². The second kappa shape index (κ2) is 6.78. The van der Waals surface area contributed by atoms with Gasteiger partial charge in [0.1, 0.15) is 11.6 Å². The molecule has 0 saturated heterocycles. The highest BCUT2D eigenvalue weighted by Gasteiger charge is 2.26. The maximum Gasteiger partial charge on any atom is 0.261 e. The molecule has 1 aromatic heterocycles. The maximum atomic E-state index is 14.1. The van der Waals surface area contributed by atoms with Crippen LogP contribution in [0.1, 0.15) is 27.2 Å². The number of nitrogens with one attached hydrogen (secondary N) is 1. The van der Waals surface area contributed by atoms with Crippen molar-refractivity contribution in [1.82, 2.24) is 9.78 Å². The number of carbonyl (C=O) groups is 1. The van der Waals surface area contributed by atoms with E-state index in [4.69, 9.17) is 11.6 Å². The number of fused-ring (bicyclic) bond motifs is 1. The lowest BCUT2D eigenvalue weighted by atomic mass is 10.2. The van der Waals surface area contributed by atoms with Crippen molar-refractivity contribution in [3.05, 3.63) is 75.7 Å². The average molecular weight is 388 g/mol. The first-order valence-electron chi connectivity index (χ1n) is 8.05. The van der Waals surface area contributed by atoms with Crippen LogP contribution in [0.3, 0.4) is 0 Å². The molecule has 4 nitrogen and oxygen atoms in total. The van der Waals surface area contributed by atoms with Gasteiger partial charge in [0.2, 0.25) is 0 Å². The molecule has 2 heterocycles. The first-order chi connectivity index (χ1) is 12.5.